The molecule has 0 bridgehead atoms. The first-order chi connectivity index (χ1) is 7.70. The fraction of sp³-hybridized carbons (Fsp3) is 0.455. The third-order valence-corrected chi connectivity index (χ3v) is 3.69. The van der Waals surface area contributed by atoms with Gasteiger partial charge in [-0.1, -0.05) is 0 Å². The molecule has 5 heteroatoms. The fourth-order valence-corrected chi connectivity index (χ4v) is 2.70. The molecule has 86 valence electrons. The molecule has 0 aliphatic carbocycles. The van der Waals surface area contributed by atoms with Crippen LogP contribution in [0.15, 0.2) is 17.9 Å². The number of thiazole rings is 1. The van der Waals surface area contributed by atoms with Gasteiger partial charge in [-0.05, 0) is 26.0 Å². The summed E-state index contributed by atoms with van der Waals surface area (Å²) < 4.78 is 1.83. The van der Waals surface area contributed by atoms with E-state index in [1.54, 1.807) is 11.3 Å². The van der Waals surface area contributed by atoms with Gasteiger partial charge in [-0.15, -0.1) is 11.3 Å². The fourth-order valence-electron chi connectivity index (χ4n) is 1.78. The van der Waals surface area contributed by atoms with Gasteiger partial charge in [-0.2, -0.15) is 5.10 Å². The second-order valence-electron chi connectivity index (χ2n) is 3.87. The maximum atomic E-state index is 4.29. The molecule has 0 aromatic carbocycles. The zero-order chi connectivity index (χ0) is 11.5. The number of aromatic nitrogens is 3. The van der Waals surface area contributed by atoms with Gasteiger partial charge in [-0.3, -0.25) is 4.68 Å². The van der Waals surface area contributed by atoms with Crippen LogP contribution in [0.1, 0.15) is 22.2 Å². The molecule has 0 aliphatic rings. The molecule has 0 saturated heterocycles. The molecule has 4 nitrogen and oxygen atoms in total. The van der Waals surface area contributed by atoms with Crippen LogP contribution >= 0.6 is 11.3 Å². The van der Waals surface area contributed by atoms with E-state index in [0.717, 1.165) is 12.1 Å². The van der Waals surface area contributed by atoms with Crippen molar-refractivity contribution >= 4 is 11.3 Å². The Bertz CT molecular complexity index is 460. The zero-order valence-corrected chi connectivity index (χ0v) is 10.6. The van der Waals surface area contributed by atoms with E-state index >= 15 is 0 Å². The van der Waals surface area contributed by atoms with Gasteiger partial charge in [0, 0.05) is 24.2 Å². The van der Waals surface area contributed by atoms with Gasteiger partial charge in [0.25, 0.3) is 0 Å². The summed E-state index contributed by atoms with van der Waals surface area (Å²) in [6.45, 7) is 2.05. The first-order valence-electron chi connectivity index (χ1n) is 5.25. The van der Waals surface area contributed by atoms with E-state index in [-0.39, 0.29) is 0 Å². The Hall–Kier alpha value is -1.20. The smallest absolute Gasteiger partial charge is 0.0798 e. The maximum absolute atomic E-state index is 4.29. The molecule has 2 rings (SSSR count). The molecule has 0 fully saturated rings. The molecule has 1 unspecified atom stereocenters. The van der Waals surface area contributed by atoms with E-state index < -0.39 is 0 Å². The van der Waals surface area contributed by atoms with E-state index in [1.165, 1.54) is 10.4 Å². The van der Waals surface area contributed by atoms with Crippen LogP contribution in [0, 0.1) is 6.92 Å². The summed E-state index contributed by atoms with van der Waals surface area (Å²) in [5.74, 6) is 0. The van der Waals surface area contributed by atoms with Crippen LogP contribution in [0.2, 0.25) is 0 Å². The molecule has 2 aromatic heterocycles. The van der Waals surface area contributed by atoms with Crippen molar-refractivity contribution in [2.45, 2.75) is 19.4 Å². The molecule has 0 aliphatic heterocycles. The van der Waals surface area contributed by atoms with Crippen molar-refractivity contribution in [2.75, 3.05) is 7.05 Å². The molecule has 16 heavy (non-hydrogen) atoms. The van der Waals surface area contributed by atoms with Crippen LogP contribution in [0.4, 0.5) is 0 Å². The lowest BCUT2D eigenvalue weighted by molar-refractivity contribution is 0.597. The second kappa shape index (κ2) is 4.76. The molecule has 2 heterocycles. The monoisotopic (exact) mass is 236 g/mol. The van der Waals surface area contributed by atoms with Gasteiger partial charge in [0.15, 0.2) is 0 Å². The zero-order valence-electron chi connectivity index (χ0n) is 9.77. The van der Waals surface area contributed by atoms with Crippen molar-refractivity contribution in [3.05, 3.63) is 34.0 Å². The lowest BCUT2D eigenvalue weighted by Crippen LogP contribution is -2.18. The Balaban J connectivity index is 2.15. The van der Waals surface area contributed by atoms with E-state index in [0.29, 0.717) is 6.04 Å². The van der Waals surface area contributed by atoms with Gasteiger partial charge in [0.1, 0.15) is 0 Å². The summed E-state index contributed by atoms with van der Waals surface area (Å²) >= 11 is 1.71. The van der Waals surface area contributed by atoms with Crippen molar-refractivity contribution in [3.63, 3.8) is 0 Å². The minimum atomic E-state index is 0.330. The van der Waals surface area contributed by atoms with Crippen LogP contribution in [0.25, 0.3) is 0 Å². The number of likely N-dealkylation sites (N-methyl/N-ethyl adjacent to an activating group) is 1. The Morgan fingerprint density at radius 3 is 2.88 bits per heavy atom. The van der Waals surface area contributed by atoms with Crippen LogP contribution in [0.5, 0.6) is 0 Å². The summed E-state index contributed by atoms with van der Waals surface area (Å²) in [7, 11) is 3.93. The van der Waals surface area contributed by atoms with Gasteiger partial charge in [0.2, 0.25) is 0 Å². The quantitative estimate of drug-likeness (QED) is 0.878. The first-order valence-corrected chi connectivity index (χ1v) is 6.13. The topological polar surface area (TPSA) is 42.7 Å². The highest BCUT2D eigenvalue weighted by molar-refractivity contribution is 7.09. The van der Waals surface area contributed by atoms with Gasteiger partial charge >= 0.3 is 0 Å². The summed E-state index contributed by atoms with van der Waals surface area (Å²) in [4.78, 5) is 5.60. The van der Waals surface area contributed by atoms with Gasteiger partial charge in [-0.25, -0.2) is 4.98 Å². The molecule has 0 amide bonds. The maximum Gasteiger partial charge on any atom is 0.0798 e. The first kappa shape index (κ1) is 11.3. The molecule has 0 saturated carbocycles. The lowest BCUT2D eigenvalue weighted by Gasteiger charge is -2.13. The van der Waals surface area contributed by atoms with E-state index in [2.05, 4.69) is 28.5 Å². The van der Waals surface area contributed by atoms with Crippen molar-refractivity contribution in [2.24, 2.45) is 7.05 Å². The van der Waals surface area contributed by atoms with Crippen LogP contribution in [-0.4, -0.2) is 21.8 Å². The molecule has 2 aromatic rings. The molecule has 1 atom stereocenters. The highest BCUT2D eigenvalue weighted by Gasteiger charge is 2.15. The summed E-state index contributed by atoms with van der Waals surface area (Å²) in [5.41, 5.74) is 4.26. The third kappa shape index (κ3) is 2.31. The molecule has 0 spiro atoms. The predicted molar refractivity (Wildman–Crippen MR) is 65.6 cm³/mol. The minimum absolute atomic E-state index is 0.330. The highest BCUT2D eigenvalue weighted by Crippen LogP contribution is 2.24. The molecular weight excluding hydrogens is 220 g/mol. The average Bonchev–Trinajstić information content (AvgIpc) is 2.84. The number of rotatable bonds is 4. The average molecular weight is 236 g/mol. The number of aryl methyl sites for hydroxylation is 2. The highest BCUT2D eigenvalue weighted by atomic mass is 32.1. The molecule has 0 radical (unpaired) electrons. The van der Waals surface area contributed by atoms with Crippen molar-refractivity contribution in [1.29, 1.82) is 0 Å². The SMILES string of the molecule is CNC(Cc1cnn(C)c1)c1scnc1C. The minimum Gasteiger partial charge on any atom is -0.312 e. The lowest BCUT2D eigenvalue weighted by atomic mass is 10.1. The Labute approximate surface area is 99.3 Å². The number of hydrogen-bond donors (Lipinski definition) is 1. The summed E-state index contributed by atoms with van der Waals surface area (Å²) in [6.07, 6.45) is 4.93. The van der Waals surface area contributed by atoms with Crippen molar-refractivity contribution < 1.29 is 0 Å². The number of hydrogen-bond acceptors (Lipinski definition) is 4. The predicted octanol–water partition coefficient (Wildman–Crippen LogP) is 1.69. The molecule has 1 N–H and O–H groups in total. The summed E-state index contributed by atoms with van der Waals surface area (Å²) in [6, 6.07) is 0.330. The van der Waals surface area contributed by atoms with E-state index in [9.17, 15) is 0 Å². The Kier molecular flexibility index (Phi) is 3.36. The Morgan fingerprint density at radius 1 is 1.56 bits per heavy atom. The standard InChI is InChI=1S/C11H16N4S/c1-8-11(16-7-13-8)10(12-2)4-9-5-14-15(3)6-9/h5-7,10,12H,4H2,1-3H3. The second-order valence-corrected chi connectivity index (χ2v) is 4.76. The summed E-state index contributed by atoms with van der Waals surface area (Å²) in [5, 5.41) is 7.52. The van der Waals surface area contributed by atoms with Crippen LogP contribution in [-0.2, 0) is 13.5 Å². The number of nitrogens with zero attached hydrogens (tertiary/aromatic N) is 3. The van der Waals surface area contributed by atoms with Crippen LogP contribution < -0.4 is 5.32 Å². The Morgan fingerprint density at radius 2 is 2.38 bits per heavy atom. The van der Waals surface area contributed by atoms with E-state index in [4.69, 9.17) is 0 Å². The van der Waals surface area contributed by atoms with Crippen molar-refractivity contribution in [1.82, 2.24) is 20.1 Å². The van der Waals surface area contributed by atoms with Gasteiger partial charge in [0.05, 0.1) is 17.4 Å². The van der Waals surface area contributed by atoms with Gasteiger partial charge < -0.3 is 5.32 Å². The van der Waals surface area contributed by atoms with Crippen molar-refractivity contribution in [3.8, 4) is 0 Å². The molecular formula is C11H16N4S. The van der Waals surface area contributed by atoms with Crippen LogP contribution in [0.3, 0.4) is 0 Å². The van der Waals surface area contributed by atoms with E-state index in [1.807, 2.05) is 30.5 Å². The normalized spacial score (nSPS) is 12.9. The third-order valence-electron chi connectivity index (χ3n) is 2.65. The largest absolute Gasteiger partial charge is 0.312 e. The number of nitrogens with one attached hydrogen (secondary N) is 1.